The lowest BCUT2D eigenvalue weighted by atomic mass is 9.96. The highest BCUT2D eigenvalue weighted by atomic mass is 35.5. The van der Waals surface area contributed by atoms with Gasteiger partial charge >= 0.3 is 12.4 Å². The fraction of sp³-hybridized carbons (Fsp3) is 0.250. The van der Waals surface area contributed by atoms with Gasteiger partial charge in [0, 0.05) is 12.1 Å². The Bertz CT molecular complexity index is 1260. The van der Waals surface area contributed by atoms with Crippen LogP contribution in [0.25, 0.3) is 11.1 Å². The lowest BCUT2D eigenvalue weighted by Crippen LogP contribution is -2.32. The number of alkyl halides is 6. The molecule has 0 N–H and O–H groups in total. The SMILES string of the molecule is Cc1ccccc1-c1cc(Cl)nc2c1C(=O)N(Cc1cc(C(F)(F)F)cc(C(F)(F)F)c1)CCO2. The predicted octanol–water partition coefficient (Wildman–Crippen LogP) is 6.78. The maximum Gasteiger partial charge on any atom is 0.416 e. The van der Waals surface area contributed by atoms with Crippen LogP contribution in [-0.2, 0) is 18.9 Å². The second kappa shape index (κ2) is 9.07. The van der Waals surface area contributed by atoms with Crippen molar-refractivity contribution >= 4 is 17.5 Å². The third-order valence-electron chi connectivity index (χ3n) is 5.51. The van der Waals surface area contributed by atoms with Crippen LogP contribution < -0.4 is 4.74 Å². The van der Waals surface area contributed by atoms with E-state index in [0.29, 0.717) is 23.3 Å². The zero-order chi connectivity index (χ0) is 25.5. The summed E-state index contributed by atoms with van der Waals surface area (Å²) in [4.78, 5) is 18.8. The molecule has 0 saturated heterocycles. The van der Waals surface area contributed by atoms with Crippen molar-refractivity contribution in [2.75, 3.05) is 13.2 Å². The van der Waals surface area contributed by atoms with E-state index >= 15 is 0 Å². The lowest BCUT2D eigenvalue weighted by molar-refractivity contribution is -0.143. The van der Waals surface area contributed by atoms with Crippen LogP contribution in [0.15, 0.2) is 48.5 Å². The van der Waals surface area contributed by atoms with Gasteiger partial charge < -0.3 is 9.64 Å². The van der Waals surface area contributed by atoms with Crippen molar-refractivity contribution in [3.05, 3.63) is 81.5 Å². The zero-order valence-electron chi connectivity index (χ0n) is 18.1. The van der Waals surface area contributed by atoms with E-state index in [1.54, 1.807) is 18.2 Å². The number of hydrogen-bond donors (Lipinski definition) is 0. The molecule has 0 fully saturated rings. The lowest BCUT2D eigenvalue weighted by Gasteiger charge is -2.22. The average molecular weight is 515 g/mol. The quantitative estimate of drug-likeness (QED) is 0.286. The molecule has 0 atom stereocenters. The Morgan fingerprint density at radius 3 is 2.20 bits per heavy atom. The first-order chi connectivity index (χ1) is 16.3. The van der Waals surface area contributed by atoms with Crippen LogP contribution in [0.3, 0.4) is 0 Å². The fourth-order valence-corrected chi connectivity index (χ4v) is 4.07. The highest BCUT2D eigenvalue weighted by Crippen LogP contribution is 2.38. The Morgan fingerprint density at radius 2 is 1.60 bits per heavy atom. The highest BCUT2D eigenvalue weighted by molar-refractivity contribution is 6.30. The van der Waals surface area contributed by atoms with E-state index in [1.807, 2.05) is 13.0 Å². The first-order valence-electron chi connectivity index (χ1n) is 10.3. The maximum atomic E-state index is 13.5. The summed E-state index contributed by atoms with van der Waals surface area (Å²) in [5.74, 6) is -0.700. The normalized spacial score (nSPS) is 14.4. The number of benzene rings is 2. The van der Waals surface area contributed by atoms with Gasteiger partial charge in [-0.25, -0.2) is 4.98 Å². The summed E-state index contributed by atoms with van der Waals surface area (Å²) >= 11 is 6.14. The number of nitrogens with zero attached hydrogens (tertiary/aromatic N) is 2. The van der Waals surface area contributed by atoms with Gasteiger partial charge in [0.2, 0.25) is 5.88 Å². The Morgan fingerprint density at radius 1 is 0.971 bits per heavy atom. The van der Waals surface area contributed by atoms with Crippen LogP contribution in [0.1, 0.15) is 32.6 Å². The molecule has 1 aliphatic heterocycles. The van der Waals surface area contributed by atoms with E-state index < -0.39 is 35.9 Å². The molecule has 0 bridgehead atoms. The number of aromatic nitrogens is 1. The first kappa shape index (κ1) is 24.8. The second-order valence-corrected chi connectivity index (χ2v) is 8.36. The molecule has 3 aromatic rings. The van der Waals surface area contributed by atoms with E-state index in [9.17, 15) is 31.1 Å². The summed E-state index contributed by atoms with van der Waals surface area (Å²) in [6.07, 6.45) is -9.99. The van der Waals surface area contributed by atoms with Crippen molar-refractivity contribution in [2.24, 2.45) is 0 Å². The van der Waals surface area contributed by atoms with Gasteiger partial charge in [-0.3, -0.25) is 4.79 Å². The third kappa shape index (κ3) is 5.22. The van der Waals surface area contributed by atoms with Gasteiger partial charge in [0.15, 0.2) is 0 Å². The van der Waals surface area contributed by atoms with E-state index in [-0.39, 0.29) is 41.4 Å². The van der Waals surface area contributed by atoms with Gasteiger partial charge in [0.25, 0.3) is 5.91 Å². The van der Waals surface area contributed by atoms with Crippen molar-refractivity contribution in [3.8, 4) is 17.0 Å². The number of carbonyl (C=O) groups is 1. The molecule has 1 amide bonds. The van der Waals surface area contributed by atoms with Crippen molar-refractivity contribution in [2.45, 2.75) is 25.8 Å². The predicted molar refractivity (Wildman–Crippen MR) is 116 cm³/mol. The highest BCUT2D eigenvalue weighted by Gasteiger charge is 2.37. The number of aryl methyl sites for hydroxylation is 1. The molecule has 4 rings (SSSR count). The Balaban J connectivity index is 1.79. The average Bonchev–Trinajstić information content (AvgIpc) is 2.91. The van der Waals surface area contributed by atoms with Crippen LogP contribution in [0.5, 0.6) is 5.88 Å². The Hall–Kier alpha value is -3.27. The summed E-state index contributed by atoms with van der Waals surface area (Å²) in [6.45, 7) is 1.16. The van der Waals surface area contributed by atoms with E-state index in [1.165, 1.54) is 6.07 Å². The summed E-state index contributed by atoms with van der Waals surface area (Å²) in [6, 6.07) is 9.87. The summed E-state index contributed by atoms with van der Waals surface area (Å²) < 4.78 is 85.3. The summed E-state index contributed by atoms with van der Waals surface area (Å²) in [5.41, 5.74) is -1.31. The molecule has 0 aliphatic carbocycles. The monoisotopic (exact) mass is 514 g/mol. The molecular formula is C24H17ClF6N2O2. The minimum atomic E-state index is -4.99. The van der Waals surface area contributed by atoms with Gasteiger partial charge in [0.1, 0.15) is 17.3 Å². The fourth-order valence-electron chi connectivity index (χ4n) is 3.88. The van der Waals surface area contributed by atoms with Crippen LogP contribution >= 0.6 is 11.6 Å². The van der Waals surface area contributed by atoms with E-state index in [4.69, 9.17) is 16.3 Å². The Kier molecular flexibility index (Phi) is 6.44. The number of halogens is 7. The number of rotatable bonds is 3. The number of carbonyl (C=O) groups excluding carboxylic acids is 1. The molecular weight excluding hydrogens is 498 g/mol. The minimum Gasteiger partial charge on any atom is -0.475 e. The van der Waals surface area contributed by atoms with Crippen LogP contribution in [0.2, 0.25) is 5.15 Å². The molecule has 1 aliphatic rings. The van der Waals surface area contributed by atoms with Gasteiger partial charge in [-0.2, -0.15) is 26.3 Å². The van der Waals surface area contributed by atoms with Crippen molar-refractivity contribution < 1.29 is 35.9 Å². The molecule has 0 spiro atoms. The molecule has 184 valence electrons. The number of fused-ring (bicyclic) bond motifs is 1. The van der Waals surface area contributed by atoms with Crippen LogP contribution in [0.4, 0.5) is 26.3 Å². The molecule has 11 heteroatoms. The molecule has 2 aromatic carbocycles. The second-order valence-electron chi connectivity index (χ2n) is 7.98. The van der Waals surface area contributed by atoms with Gasteiger partial charge in [0.05, 0.1) is 17.7 Å². The van der Waals surface area contributed by atoms with Crippen molar-refractivity contribution in [1.29, 1.82) is 0 Å². The number of amides is 1. The maximum absolute atomic E-state index is 13.5. The largest absolute Gasteiger partial charge is 0.475 e. The minimum absolute atomic E-state index is 0.0317. The number of ether oxygens (including phenoxy) is 1. The molecule has 1 aromatic heterocycles. The molecule has 35 heavy (non-hydrogen) atoms. The van der Waals surface area contributed by atoms with Crippen LogP contribution in [-0.4, -0.2) is 28.9 Å². The zero-order valence-corrected chi connectivity index (χ0v) is 18.9. The third-order valence-corrected chi connectivity index (χ3v) is 5.71. The summed E-state index contributed by atoms with van der Waals surface area (Å²) in [5, 5.41) is 0.0657. The molecule has 0 saturated carbocycles. The number of hydrogen-bond acceptors (Lipinski definition) is 3. The smallest absolute Gasteiger partial charge is 0.416 e. The van der Waals surface area contributed by atoms with Crippen molar-refractivity contribution in [3.63, 3.8) is 0 Å². The standard InChI is InChI=1S/C24H17ClF6N2O2/c1-13-4-2-3-5-17(13)18-11-19(25)32-21-20(18)22(34)33(6-7-35-21)12-14-8-15(23(26,27)28)10-16(9-14)24(29,30)31/h2-5,8-11H,6-7,12H2,1H3. The van der Waals surface area contributed by atoms with Crippen LogP contribution in [0, 0.1) is 6.92 Å². The molecule has 0 radical (unpaired) electrons. The number of pyridine rings is 1. The van der Waals surface area contributed by atoms with Gasteiger partial charge in [-0.05, 0) is 47.9 Å². The molecule has 0 unspecified atom stereocenters. The van der Waals surface area contributed by atoms with E-state index in [0.717, 1.165) is 10.5 Å². The van der Waals surface area contributed by atoms with E-state index in [2.05, 4.69) is 4.98 Å². The van der Waals surface area contributed by atoms with Gasteiger partial charge in [-0.15, -0.1) is 0 Å². The topological polar surface area (TPSA) is 42.4 Å². The first-order valence-corrected chi connectivity index (χ1v) is 10.7. The molecule has 2 heterocycles. The van der Waals surface area contributed by atoms with Gasteiger partial charge in [-0.1, -0.05) is 35.9 Å². The Labute approximate surface area is 201 Å². The summed E-state index contributed by atoms with van der Waals surface area (Å²) in [7, 11) is 0. The molecule has 4 nitrogen and oxygen atoms in total. The van der Waals surface area contributed by atoms with Crippen molar-refractivity contribution in [1.82, 2.24) is 9.88 Å².